The number of nitrogens with one attached hydrogen (secondary N) is 1. The fraction of sp³-hybridized carbons (Fsp3) is 0.167. The third-order valence-corrected chi connectivity index (χ3v) is 3.30. The topological polar surface area (TPSA) is 92.2 Å². The second kappa shape index (κ2) is 5.57. The highest BCUT2D eigenvalue weighted by molar-refractivity contribution is 7.11. The molecule has 2 aromatic heterocycles. The lowest BCUT2D eigenvalue weighted by atomic mass is 10.1. The van der Waals surface area contributed by atoms with Gasteiger partial charge in [-0.25, -0.2) is 9.78 Å². The van der Waals surface area contributed by atoms with Gasteiger partial charge in [0.05, 0.1) is 22.7 Å². The van der Waals surface area contributed by atoms with Crippen LogP contribution in [0.4, 0.5) is 0 Å². The largest absolute Gasteiger partial charge is 0.478 e. The van der Waals surface area contributed by atoms with Crippen molar-refractivity contribution < 1.29 is 14.7 Å². The number of nitrogens with zero attached hydrogens (tertiary/aromatic N) is 2. The van der Waals surface area contributed by atoms with E-state index >= 15 is 0 Å². The predicted octanol–water partition coefficient (Wildman–Crippen LogP) is 1.47. The van der Waals surface area contributed by atoms with Crippen molar-refractivity contribution >= 4 is 23.2 Å². The first-order valence-electron chi connectivity index (χ1n) is 5.44. The summed E-state index contributed by atoms with van der Waals surface area (Å²) < 4.78 is 0. The number of hydrogen-bond acceptors (Lipinski definition) is 5. The maximum atomic E-state index is 11.9. The number of aromatic nitrogens is 2. The molecule has 0 atom stereocenters. The molecule has 0 aliphatic rings. The highest BCUT2D eigenvalue weighted by atomic mass is 32.1. The average molecular weight is 277 g/mol. The summed E-state index contributed by atoms with van der Waals surface area (Å²) in [7, 11) is 0. The van der Waals surface area contributed by atoms with Gasteiger partial charge in [-0.1, -0.05) is 0 Å². The molecule has 0 bridgehead atoms. The predicted molar refractivity (Wildman–Crippen MR) is 69.2 cm³/mol. The van der Waals surface area contributed by atoms with E-state index in [9.17, 15) is 9.59 Å². The standard InChI is InChI=1S/C12H11N3O3S/c1-7-14-4-8(19-7)5-15-11(16)9-2-3-13-6-10(9)12(17)18/h2-4,6H,5H2,1H3,(H,15,16)(H,17,18). The van der Waals surface area contributed by atoms with Crippen molar-refractivity contribution in [1.82, 2.24) is 15.3 Å². The van der Waals surface area contributed by atoms with E-state index in [2.05, 4.69) is 15.3 Å². The van der Waals surface area contributed by atoms with Gasteiger partial charge >= 0.3 is 5.97 Å². The maximum absolute atomic E-state index is 11.9. The van der Waals surface area contributed by atoms with Crippen LogP contribution in [0.3, 0.4) is 0 Å². The van der Waals surface area contributed by atoms with Crippen LogP contribution in [-0.2, 0) is 6.54 Å². The van der Waals surface area contributed by atoms with Crippen LogP contribution in [0.1, 0.15) is 30.6 Å². The van der Waals surface area contributed by atoms with Crippen molar-refractivity contribution in [3.05, 3.63) is 45.7 Å². The van der Waals surface area contributed by atoms with Crippen LogP contribution >= 0.6 is 11.3 Å². The lowest BCUT2D eigenvalue weighted by molar-refractivity contribution is 0.0690. The lowest BCUT2D eigenvalue weighted by Crippen LogP contribution is -2.24. The van der Waals surface area contributed by atoms with Crippen molar-refractivity contribution in [3.8, 4) is 0 Å². The van der Waals surface area contributed by atoms with Gasteiger partial charge in [0, 0.05) is 23.5 Å². The van der Waals surface area contributed by atoms with Crippen molar-refractivity contribution in [1.29, 1.82) is 0 Å². The van der Waals surface area contributed by atoms with Gasteiger partial charge in [0.15, 0.2) is 0 Å². The van der Waals surface area contributed by atoms with Crippen LogP contribution in [0.15, 0.2) is 24.7 Å². The van der Waals surface area contributed by atoms with Crippen molar-refractivity contribution in [3.63, 3.8) is 0 Å². The summed E-state index contributed by atoms with van der Waals surface area (Å²) in [6.45, 7) is 2.20. The first-order valence-corrected chi connectivity index (χ1v) is 6.26. The fourth-order valence-electron chi connectivity index (χ4n) is 1.51. The summed E-state index contributed by atoms with van der Waals surface area (Å²) in [5.74, 6) is -1.61. The Bertz CT molecular complexity index is 624. The second-order valence-electron chi connectivity index (χ2n) is 3.75. The van der Waals surface area contributed by atoms with E-state index in [1.54, 1.807) is 6.20 Å². The molecule has 0 aromatic carbocycles. The van der Waals surface area contributed by atoms with Crippen LogP contribution in [0.2, 0.25) is 0 Å². The molecule has 0 saturated carbocycles. The number of hydrogen-bond donors (Lipinski definition) is 2. The summed E-state index contributed by atoms with van der Waals surface area (Å²) in [6, 6.07) is 1.39. The second-order valence-corrected chi connectivity index (χ2v) is 5.07. The Morgan fingerprint density at radius 2 is 2.16 bits per heavy atom. The number of pyridine rings is 1. The number of amides is 1. The molecule has 2 aromatic rings. The van der Waals surface area contributed by atoms with E-state index in [1.807, 2.05) is 6.92 Å². The molecule has 0 radical (unpaired) electrons. The number of carboxylic acid groups (broad SMARTS) is 1. The first-order chi connectivity index (χ1) is 9.08. The fourth-order valence-corrected chi connectivity index (χ4v) is 2.25. The number of thiazole rings is 1. The molecule has 0 spiro atoms. The van der Waals surface area contributed by atoms with Crippen LogP contribution < -0.4 is 5.32 Å². The van der Waals surface area contributed by atoms with E-state index < -0.39 is 11.9 Å². The molecule has 0 saturated heterocycles. The van der Waals surface area contributed by atoms with Gasteiger partial charge in [-0.15, -0.1) is 11.3 Å². The van der Waals surface area contributed by atoms with Gasteiger partial charge in [-0.3, -0.25) is 9.78 Å². The third kappa shape index (κ3) is 3.14. The Balaban J connectivity index is 2.10. The molecule has 0 aliphatic carbocycles. The summed E-state index contributed by atoms with van der Waals surface area (Å²) in [5, 5.41) is 12.6. The third-order valence-electron chi connectivity index (χ3n) is 2.39. The molecule has 7 heteroatoms. The number of carbonyl (C=O) groups excluding carboxylic acids is 1. The van der Waals surface area contributed by atoms with Gasteiger partial charge in [0.1, 0.15) is 0 Å². The zero-order valence-corrected chi connectivity index (χ0v) is 10.9. The van der Waals surface area contributed by atoms with E-state index in [1.165, 1.54) is 23.6 Å². The van der Waals surface area contributed by atoms with Crippen molar-refractivity contribution in [2.24, 2.45) is 0 Å². The Labute approximate surface area is 113 Å². The number of rotatable bonds is 4. The van der Waals surface area contributed by atoms with E-state index in [0.29, 0.717) is 6.54 Å². The highest BCUT2D eigenvalue weighted by Crippen LogP contribution is 2.12. The first kappa shape index (κ1) is 13.2. The van der Waals surface area contributed by atoms with Crippen LogP contribution in [0, 0.1) is 6.92 Å². The highest BCUT2D eigenvalue weighted by Gasteiger charge is 2.16. The molecular weight excluding hydrogens is 266 g/mol. The minimum atomic E-state index is -1.17. The summed E-state index contributed by atoms with van der Waals surface area (Å²) in [5.41, 5.74) is -0.00998. The van der Waals surface area contributed by atoms with Gasteiger partial charge in [0.2, 0.25) is 0 Å². The molecule has 1 amide bonds. The minimum absolute atomic E-state index is 0.101. The van der Waals surface area contributed by atoms with Crippen molar-refractivity contribution in [2.75, 3.05) is 0 Å². The van der Waals surface area contributed by atoms with E-state index in [-0.39, 0.29) is 11.1 Å². The number of aromatic carboxylic acids is 1. The summed E-state index contributed by atoms with van der Waals surface area (Å²) in [4.78, 5) is 31.6. The number of carbonyl (C=O) groups is 2. The normalized spacial score (nSPS) is 10.2. The zero-order valence-electron chi connectivity index (χ0n) is 10.1. The Hall–Kier alpha value is -2.28. The molecule has 19 heavy (non-hydrogen) atoms. The van der Waals surface area contributed by atoms with Crippen molar-refractivity contribution in [2.45, 2.75) is 13.5 Å². The Morgan fingerprint density at radius 3 is 2.79 bits per heavy atom. The molecule has 2 N–H and O–H groups in total. The Kier molecular flexibility index (Phi) is 3.86. The van der Waals surface area contributed by atoms with E-state index in [4.69, 9.17) is 5.11 Å². The van der Waals surface area contributed by atoms with Crippen LogP contribution in [-0.4, -0.2) is 27.0 Å². The number of aryl methyl sites for hydroxylation is 1. The molecule has 0 fully saturated rings. The minimum Gasteiger partial charge on any atom is -0.478 e. The zero-order chi connectivity index (χ0) is 13.8. The average Bonchev–Trinajstić information content (AvgIpc) is 2.81. The summed E-state index contributed by atoms with van der Waals surface area (Å²) in [6.07, 6.45) is 4.23. The molecular formula is C12H11N3O3S. The maximum Gasteiger partial charge on any atom is 0.338 e. The Morgan fingerprint density at radius 1 is 1.37 bits per heavy atom. The van der Waals surface area contributed by atoms with Gasteiger partial charge in [0.25, 0.3) is 5.91 Å². The van der Waals surface area contributed by atoms with Crippen LogP contribution in [0.5, 0.6) is 0 Å². The molecule has 2 heterocycles. The quantitative estimate of drug-likeness (QED) is 0.883. The number of carboxylic acids is 1. The molecule has 6 nitrogen and oxygen atoms in total. The van der Waals surface area contributed by atoms with Gasteiger partial charge in [-0.05, 0) is 13.0 Å². The van der Waals surface area contributed by atoms with Gasteiger partial charge < -0.3 is 10.4 Å². The monoisotopic (exact) mass is 277 g/mol. The molecule has 0 aliphatic heterocycles. The SMILES string of the molecule is Cc1ncc(CNC(=O)c2ccncc2C(=O)O)s1. The van der Waals surface area contributed by atoms with E-state index in [0.717, 1.165) is 16.1 Å². The smallest absolute Gasteiger partial charge is 0.338 e. The molecule has 2 rings (SSSR count). The van der Waals surface area contributed by atoms with Crippen LogP contribution in [0.25, 0.3) is 0 Å². The lowest BCUT2D eigenvalue weighted by Gasteiger charge is -2.05. The molecule has 0 unspecified atom stereocenters. The van der Waals surface area contributed by atoms with Gasteiger partial charge in [-0.2, -0.15) is 0 Å². The summed E-state index contributed by atoms with van der Waals surface area (Å²) >= 11 is 1.48. The molecule has 98 valence electrons.